The molecule has 2 atom stereocenters. The number of aromatic nitrogens is 1. The first-order valence-corrected chi connectivity index (χ1v) is 10.2. The van der Waals surface area contributed by atoms with Crippen molar-refractivity contribution >= 4 is 33.2 Å². The zero-order valence-electron chi connectivity index (χ0n) is 13.2. The van der Waals surface area contributed by atoms with Crippen LogP contribution in [0.1, 0.15) is 18.0 Å². The number of rotatable bonds is 2. The maximum atomic E-state index is 13.1. The summed E-state index contributed by atoms with van der Waals surface area (Å²) in [6, 6.07) is 9.64. The van der Waals surface area contributed by atoms with Gasteiger partial charge < -0.3 is 4.57 Å². The van der Waals surface area contributed by atoms with E-state index in [1.54, 1.807) is 22.8 Å². The monoisotopic (exact) mass is 398 g/mol. The Morgan fingerprint density at radius 2 is 1.84 bits per heavy atom. The number of pyridine rings is 1. The Bertz CT molecular complexity index is 1000. The lowest BCUT2D eigenvalue weighted by Gasteiger charge is -2.42. The fraction of sp³-hybridized carbons (Fsp3) is 0.353. The second-order valence-electron chi connectivity index (χ2n) is 6.59. The molecular weight excluding hydrogens is 383 g/mol. The summed E-state index contributed by atoms with van der Waals surface area (Å²) in [7, 11) is -3.74. The second kappa shape index (κ2) is 6.13. The van der Waals surface area contributed by atoms with Gasteiger partial charge in [0.15, 0.2) is 0 Å². The lowest BCUT2D eigenvalue weighted by atomic mass is 9.84. The minimum atomic E-state index is -3.74. The van der Waals surface area contributed by atoms with Crippen LogP contribution in [-0.4, -0.2) is 30.4 Å². The average molecular weight is 399 g/mol. The highest BCUT2D eigenvalue weighted by atomic mass is 35.5. The first-order chi connectivity index (χ1) is 11.9. The van der Waals surface area contributed by atoms with E-state index in [4.69, 9.17) is 23.2 Å². The average Bonchev–Trinajstić information content (AvgIpc) is 2.58. The van der Waals surface area contributed by atoms with Crippen LogP contribution in [-0.2, 0) is 16.6 Å². The molecule has 1 aromatic heterocycles. The highest BCUT2D eigenvalue weighted by Crippen LogP contribution is 2.38. The van der Waals surface area contributed by atoms with Gasteiger partial charge in [-0.15, -0.1) is 0 Å². The molecule has 8 heteroatoms. The standard InChI is InChI=1S/C17H16Cl2N2O3S/c18-13-4-5-14(19)16(7-13)25(23,24)20-8-11-6-12(10-20)15-2-1-3-17(22)21(15)9-11/h1-5,7,11-12H,6,8-10H2/t11-,12+/m0/s1. The van der Waals surface area contributed by atoms with Gasteiger partial charge in [-0.25, -0.2) is 8.42 Å². The highest BCUT2D eigenvalue weighted by molar-refractivity contribution is 7.89. The number of hydrogen-bond donors (Lipinski definition) is 0. The van der Waals surface area contributed by atoms with E-state index in [9.17, 15) is 13.2 Å². The van der Waals surface area contributed by atoms with Crippen molar-refractivity contribution in [2.24, 2.45) is 5.92 Å². The summed E-state index contributed by atoms with van der Waals surface area (Å²) in [5.41, 5.74) is 0.877. The van der Waals surface area contributed by atoms with Crippen molar-refractivity contribution in [1.29, 1.82) is 0 Å². The van der Waals surface area contributed by atoms with Gasteiger partial charge in [0.25, 0.3) is 5.56 Å². The van der Waals surface area contributed by atoms with Crippen molar-refractivity contribution in [1.82, 2.24) is 8.87 Å². The molecule has 0 radical (unpaired) electrons. The molecular formula is C17H16Cl2N2O3S. The van der Waals surface area contributed by atoms with E-state index < -0.39 is 10.0 Å². The first-order valence-electron chi connectivity index (χ1n) is 8.01. The molecule has 1 aromatic carbocycles. The van der Waals surface area contributed by atoms with Crippen molar-refractivity contribution < 1.29 is 8.42 Å². The summed E-state index contributed by atoms with van der Waals surface area (Å²) in [6.45, 7) is 1.26. The molecule has 2 bridgehead atoms. The van der Waals surface area contributed by atoms with Gasteiger partial charge in [-0.05, 0) is 36.6 Å². The normalized spacial score (nSPS) is 23.3. The van der Waals surface area contributed by atoms with Gasteiger partial charge in [0.1, 0.15) is 4.90 Å². The fourth-order valence-corrected chi connectivity index (χ4v) is 6.16. The van der Waals surface area contributed by atoms with Gasteiger partial charge >= 0.3 is 0 Å². The Kier molecular flexibility index (Phi) is 4.19. The zero-order chi connectivity index (χ0) is 17.8. The molecule has 0 N–H and O–H groups in total. The van der Waals surface area contributed by atoms with Crippen molar-refractivity contribution in [3.63, 3.8) is 0 Å². The first kappa shape index (κ1) is 17.1. The third kappa shape index (κ3) is 2.91. The van der Waals surface area contributed by atoms with Crippen molar-refractivity contribution in [3.05, 3.63) is 62.5 Å². The largest absolute Gasteiger partial charge is 0.312 e. The van der Waals surface area contributed by atoms with E-state index in [1.807, 2.05) is 6.07 Å². The van der Waals surface area contributed by atoms with Crippen LogP contribution in [0.25, 0.3) is 0 Å². The molecule has 0 saturated carbocycles. The van der Waals surface area contributed by atoms with Gasteiger partial charge in [0, 0.05) is 42.3 Å². The Labute approximate surface area is 155 Å². The van der Waals surface area contributed by atoms with Gasteiger partial charge in [0.05, 0.1) is 5.02 Å². The quantitative estimate of drug-likeness (QED) is 0.780. The molecule has 0 unspecified atom stereocenters. The SMILES string of the molecule is O=c1cccc2n1C[C@H]1C[C@@H]2CN(S(=O)(=O)c2cc(Cl)ccc2Cl)C1. The van der Waals surface area contributed by atoms with Gasteiger partial charge in [0.2, 0.25) is 10.0 Å². The van der Waals surface area contributed by atoms with Crippen LogP contribution < -0.4 is 5.56 Å². The Balaban J connectivity index is 1.72. The molecule has 0 spiro atoms. The zero-order valence-corrected chi connectivity index (χ0v) is 15.6. The van der Waals surface area contributed by atoms with E-state index in [0.717, 1.165) is 12.1 Å². The smallest absolute Gasteiger partial charge is 0.250 e. The summed E-state index contributed by atoms with van der Waals surface area (Å²) < 4.78 is 29.4. The Morgan fingerprint density at radius 3 is 2.64 bits per heavy atom. The van der Waals surface area contributed by atoms with Crippen LogP contribution in [0.2, 0.25) is 10.0 Å². The van der Waals surface area contributed by atoms with Crippen molar-refractivity contribution in [3.8, 4) is 0 Å². The minimum absolute atomic E-state index is 0.00846. The third-order valence-corrected chi connectivity index (χ3v) is 7.51. The number of fused-ring (bicyclic) bond motifs is 4. The molecule has 3 heterocycles. The fourth-order valence-electron chi connectivity index (χ4n) is 3.86. The third-order valence-electron chi connectivity index (χ3n) is 4.96. The van der Waals surface area contributed by atoms with Crippen molar-refractivity contribution in [2.45, 2.75) is 23.8 Å². The molecule has 1 fully saturated rings. The summed E-state index contributed by atoms with van der Waals surface area (Å²) >= 11 is 12.1. The van der Waals surface area contributed by atoms with E-state index >= 15 is 0 Å². The van der Waals surface area contributed by atoms with E-state index in [1.165, 1.54) is 16.4 Å². The van der Waals surface area contributed by atoms with E-state index in [0.29, 0.717) is 24.7 Å². The molecule has 4 rings (SSSR count). The van der Waals surface area contributed by atoms with E-state index in [2.05, 4.69) is 0 Å². The Morgan fingerprint density at radius 1 is 1.04 bits per heavy atom. The molecule has 2 aliphatic heterocycles. The maximum absolute atomic E-state index is 13.1. The number of hydrogen-bond acceptors (Lipinski definition) is 3. The lowest BCUT2D eigenvalue weighted by molar-refractivity contribution is 0.186. The Hall–Kier alpha value is -1.34. The summed E-state index contributed by atoms with van der Waals surface area (Å²) in [4.78, 5) is 12.1. The lowest BCUT2D eigenvalue weighted by Crippen LogP contribution is -2.49. The molecule has 2 aromatic rings. The second-order valence-corrected chi connectivity index (χ2v) is 9.34. The van der Waals surface area contributed by atoms with Gasteiger partial charge in [-0.1, -0.05) is 29.3 Å². The predicted octanol–water partition coefficient (Wildman–Crippen LogP) is 2.96. The number of benzene rings is 1. The number of nitrogens with zero attached hydrogens (tertiary/aromatic N) is 2. The molecule has 25 heavy (non-hydrogen) atoms. The molecule has 5 nitrogen and oxygen atoms in total. The molecule has 2 aliphatic rings. The summed E-state index contributed by atoms with van der Waals surface area (Å²) in [5.74, 6) is 0.119. The molecule has 0 amide bonds. The van der Waals surface area contributed by atoms with Crippen LogP contribution in [0.4, 0.5) is 0 Å². The van der Waals surface area contributed by atoms with Crippen LogP contribution in [0.3, 0.4) is 0 Å². The topological polar surface area (TPSA) is 59.4 Å². The number of sulfonamides is 1. The predicted molar refractivity (Wildman–Crippen MR) is 96.8 cm³/mol. The van der Waals surface area contributed by atoms with Crippen molar-refractivity contribution in [2.75, 3.05) is 13.1 Å². The number of piperidine rings is 1. The van der Waals surface area contributed by atoms with Crippen LogP contribution in [0, 0.1) is 5.92 Å². The minimum Gasteiger partial charge on any atom is -0.312 e. The molecule has 0 aliphatic carbocycles. The van der Waals surface area contributed by atoms with Gasteiger partial charge in [-0.3, -0.25) is 4.79 Å². The van der Waals surface area contributed by atoms with Crippen LogP contribution >= 0.6 is 23.2 Å². The van der Waals surface area contributed by atoms with Crippen LogP contribution in [0.5, 0.6) is 0 Å². The summed E-state index contributed by atoms with van der Waals surface area (Å²) in [5, 5.41) is 0.494. The molecule has 1 saturated heterocycles. The number of halogens is 2. The van der Waals surface area contributed by atoms with Crippen LogP contribution in [0.15, 0.2) is 46.1 Å². The molecule has 132 valence electrons. The maximum Gasteiger partial charge on any atom is 0.250 e. The van der Waals surface area contributed by atoms with E-state index in [-0.39, 0.29) is 27.3 Å². The van der Waals surface area contributed by atoms with Gasteiger partial charge in [-0.2, -0.15) is 4.31 Å². The summed E-state index contributed by atoms with van der Waals surface area (Å²) in [6.07, 6.45) is 0.888. The highest BCUT2D eigenvalue weighted by Gasteiger charge is 2.40.